The van der Waals surface area contributed by atoms with E-state index in [0.29, 0.717) is 19.8 Å². The number of hydrogen-bond acceptors (Lipinski definition) is 4. The number of nitrogens with two attached hydrogens (primary N) is 1. The highest BCUT2D eigenvalue weighted by Crippen LogP contribution is 2.26. The Morgan fingerprint density at radius 2 is 2.11 bits per heavy atom. The Morgan fingerprint density at radius 1 is 1.21 bits per heavy atom. The highest BCUT2D eigenvalue weighted by atomic mass is 32.1. The van der Waals surface area contributed by atoms with Crippen LogP contribution in [-0.2, 0) is 13.2 Å². The molecule has 1 aromatic heterocycles. The first kappa shape index (κ1) is 13.9. The molecule has 1 heterocycles. The van der Waals surface area contributed by atoms with Gasteiger partial charge in [-0.2, -0.15) is 0 Å². The summed E-state index contributed by atoms with van der Waals surface area (Å²) in [4.78, 5) is 1.20. The van der Waals surface area contributed by atoms with Gasteiger partial charge in [-0.05, 0) is 23.9 Å². The lowest BCUT2D eigenvalue weighted by Gasteiger charge is -2.12. The predicted octanol–water partition coefficient (Wildman–Crippen LogP) is 3.57. The Kier molecular flexibility index (Phi) is 5.24. The molecule has 0 saturated carbocycles. The molecule has 0 saturated heterocycles. The van der Waals surface area contributed by atoms with Crippen molar-refractivity contribution < 1.29 is 9.47 Å². The van der Waals surface area contributed by atoms with Gasteiger partial charge >= 0.3 is 0 Å². The first-order valence-corrected chi connectivity index (χ1v) is 7.32. The molecule has 2 rings (SSSR count). The van der Waals surface area contributed by atoms with Gasteiger partial charge < -0.3 is 15.2 Å². The van der Waals surface area contributed by atoms with Crippen LogP contribution in [0.2, 0.25) is 0 Å². The van der Waals surface area contributed by atoms with Gasteiger partial charge in [0.1, 0.15) is 18.1 Å². The van der Waals surface area contributed by atoms with Gasteiger partial charge in [-0.15, -0.1) is 11.3 Å². The smallest absolute Gasteiger partial charge is 0.128 e. The molecule has 0 aliphatic carbocycles. The maximum absolute atomic E-state index is 5.84. The molecule has 0 spiro atoms. The van der Waals surface area contributed by atoms with Gasteiger partial charge in [0.05, 0.1) is 6.61 Å². The van der Waals surface area contributed by atoms with Crippen LogP contribution in [0.1, 0.15) is 23.8 Å². The summed E-state index contributed by atoms with van der Waals surface area (Å²) in [6.45, 7) is 3.84. The minimum atomic E-state index is 0.466. The standard InChI is InChI=1S/C15H19NO2S/c1-2-7-17-13-6-5-12(10-16)15(9-13)18-11-14-4-3-8-19-14/h3-6,8-9H,2,7,10-11,16H2,1H3. The van der Waals surface area contributed by atoms with E-state index in [1.807, 2.05) is 29.6 Å². The van der Waals surface area contributed by atoms with Crippen LogP contribution in [0.4, 0.5) is 0 Å². The molecule has 0 atom stereocenters. The summed E-state index contributed by atoms with van der Waals surface area (Å²) < 4.78 is 11.5. The van der Waals surface area contributed by atoms with Crippen LogP contribution >= 0.6 is 11.3 Å². The summed E-state index contributed by atoms with van der Waals surface area (Å²) in [5, 5.41) is 2.04. The molecule has 19 heavy (non-hydrogen) atoms. The van der Waals surface area contributed by atoms with E-state index in [1.54, 1.807) is 11.3 Å². The molecule has 0 unspecified atom stereocenters. The van der Waals surface area contributed by atoms with Crippen molar-refractivity contribution in [3.05, 3.63) is 46.2 Å². The summed E-state index contributed by atoms with van der Waals surface area (Å²) in [6.07, 6.45) is 0.990. The van der Waals surface area contributed by atoms with E-state index in [2.05, 4.69) is 13.0 Å². The Balaban J connectivity index is 2.07. The number of benzene rings is 1. The lowest BCUT2D eigenvalue weighted by molar-refractivity contribution is 0.294. The predicted molar refractivity (Wildman–Crippen MR) is 78.8 cm³/mol. The third-order valence-electron chi connectivity index (χ3n) is 2.68. The molecule has 3 nitrogen and oxygen atoms in total. The van der Waals surface area contributed by atoms with Gasteiger partial charge in [-0.1, -0.05) is 19.1 Å². The molecule has 0 amide bonds. The molecule has 102 valence electrons. The van der Waals surface area contributed by atoms with Crippen molar-refractivity contribution in [2.75, 3.05) is 6.61 Å². The largest absolute Gasteiger partial charge is 0.493 e. The Morgan fingerprint density at radius 3 is 2.79 bits per heavy atom. The van der Waals surface area contributed by atoms with Crippen molar-refractivity contribution in [2.45, 2.75) is 26.5 Å². The fourth-order valence-electron chi connectivity index (χ4n) is 1.69. The lowest BCUT2D eigenvalue weighted by Crippen LogP contribution is -2.03. The maximum atomic E-state index is 5.84. The second-order valence-corrected chi connectivity index (χ2v) is 5.22. The molecule has 0 aliphatic heterocycles. The van der Waals surface area contributed by atoms with Crippen LogP contribution in [0.3, 0.4) is 0 Å². The maximum Gasteiger partial charge on any atom is 0.128 e. The van der Waals surface area contributed by atoms with Crippen molar-refractivity contribution in [1.82, 2.24) is 0 Å². The van der Waals surface area contributed by atoms with Crippen LogP contribution in [0.5, 0.6) is 11.5 Å². The summed E-state index contributed by atoms with van der Waals surface area (Å²) in [7, 11) is 0. The summed E-state index contributed by atoms with van der Waals surface area (Å²) in [6, 6.07) is 9.91. The second kappa shape index (κ2) is 7.16. The van der Waals surface area contributed by atoms with Crippen LogP contribution in [0.15, 0.2) is 35.7 Å². The molecule has 2 aromatic rings. The SMILES string of the molecule is CCCOc1ccc(CN)c(OCc2cccs2)c1. The molecular weight excluding hydrogens is 258 g/mol. The van der Waals surface area contributed by atoms with Crippen molar-refractivity contribution in [3.8, 4) is 11.5 Å². The monoisotopic (exact) mass is 277 g/mol. The quantitative estimate of drug-likeness (QED) is 0.841. The normalized spacial score (nSPS) is 10.4. The van der Waals surface area contributed by atoms with Gasteiger partial charge in [0, 0.05) is 23.1 Å². The molecule has 0 aliphatic rings. The van der Waals surface area contributed by atoms with E-state index >= 15 is 0 Å². The van der Waals surface area contributed by atoms with Crippen molar-refractivity contribution in [2.24, 2.45) is 5.73 Å². The number of rotatable bonds is 7. The van der Waals surface area contributed by atoms with Crippen LogP contribution in [0, 0.1) is 0 Å². The zero-order chi connectivity index (χ0) is 13.5. The average Bonchev–Trinajstić information content (AvgIpc) is 2.96. The van der Waals surface area contributed by atoms with Crippen LogP contribution in [0.25, 0.3) is 0 Å². The fraction of sp³-hybridized carbons (Fsp3) is 0.333. The summed E-state index contributed by atoms with van der Waals surface area (Å²) in [5.41, 5.74) is 6.73. The molecular formula is C15H19NO2S. The van der Waals surface area contributed by atoms with E-state index in [9.17, 15) is 0 Å². The van der Waals surface area contributed by atoms with Crippen molar-refractivity contribution in [3.63, 3.8) is 0 Å². The highest BCUT2D eigenvalue weighted by molar-refractivity contribution is 7.09. The van der Waals surface area contributed by atoms with E-state index in [1.165, 1.54) is 4.88 Å². The van der Waals surface area contributed by atoms with Crippen molar-refractivity contribution >= 4 is 11.3 Å². The van der Waals surface area contributed by atoms with E-state index < -0.39 is 0 Å². The zero-order valence-electron chi connectivity index (χ0n) is 11.1. The van der Waals surface area contributed by atoms with E-state index in [-0.39, 0.29) is 0 Å². The molecule has 4 heteroatoms. The minimum absolute atomic E-state index is 0.466. The highest BCUT2D eigenvalue weighted by Gasteiger charge is 2.06. The Bertz CT molecular complexity index is 497. The van der Waals surface area contributed by atoms with Gasteiger partial charge in [0.2, 0.25) is 0 Å². The van der Waals surface area contributed by atoms with Gasteiger partial charge in [-0.25, -0.2) is 0 Å². The summed E-state index contributed by atoms with van der Waals surface area (Å²) >= 11 is 1.69. The van der Waals surface area contributed by atoms with Gasteiger partial charge in [-0.3, -0.25) is 0 Å². The molecule has 0 fully saturated rings. The topological polar surface area (TPSA) is 44.5 Å². The van der Waals surface area contributed by atoms with Crippen LogP contribution < -0.4 is 15.2 Å². The van der Waals surface area contributed by atoms with Crippen molar-refractivity contribution in [1.29, 1.82) is 0 Å². The van der Waals surface area contributed by atoms with Gasteiger partial charge in [0.25, 0.3) is 0 Å². The molecule has 1 aromatic carbocycles. The minimum Gasteiger partial charge on any atom is -0.493 e. The van der Waals surface area contributed by atoms with E-state index in [4.69, 9.17) is 15.2 Å². The zero-order valence-corrected chi connectivity index (χ0v) is 11.9. The average molecular weight is 277 g/mol. The third kappa shape index (κ3) is 3.98. The van der Waals surface area contributed by atoms with E-state index in [0.717, 1.165) is 23.5 Å². The number of ether oxygens (including phenoxy) is 2. The fourth-order valence-corrected chi connectivity index (χ4v) is 2.31. The first-order valence-electron chi connectivity index (χ1n) is 6.44. The third-order valence-corrected chi connectivity index (χ3v) is 3.53. The van der Waals surface area contributed by atoms with Gasteiger partial charge in [0.15, 0.2) is 0 Å². The molecule has 0 radical (unpaired) electrons. The Labute approximate surface area is 118 Å². The second-order valence-electron chi connectivity index (χ2n) is 4.19. The lowest BCUT2D eigenvalue weighted by atomic mass is 10.2. The first-order chi connectivity index (χ1) is 9.33. The number of hydrogen-bond donors (Lipinski definition) is 1. The molecule has 0 bridgehead atoms. The Hall–Kier alpha value is -1.52. The number of thiophene rings is 1. The van der Waals surface area contributed by atoms with Crippen LogP contribution in [-0.4, -0.2) is 6.61 Å². The molecule has 2 N–H and O–H groups in total. The summed E-state index contributed by atoms with van der Waals surface area (Å²) in [5.74, 6) is 1.64.